The fourth-order valence-electron chi connectivity index (χ4n) is 7.38. The molecule has 1 N–H and O–H groups in total. The van der Waals surface area contributed by atoms with Gasteiger partial charge in [0, 0.05) is 26.2 Å². The van der Waals surface area contributed by atoms with E-state index in [1.807, 2.05) is 50.3 Å². The Bertz CT molecular complexity index is 1120. The highest BCUT2D eigenvalue weighted by Gasteiger charge is 2.80. The molecule has 1 aromatic carbocycles. The first-order valence-corrected chi connectivity index (χ1v) is 15.6. The van der Waals surface area contributed by atoms with Crippen LogP contribution in [0.5, 0.6) is 0 Å². The molecule has 0 aromatic heterocycles. The van der Waals surface area contributed by atoms with Crippen molar-refractivity contribution < 1.29 is 29.0 Å². The molecular formula is C34H48N2O6. The van der Waals surface area contributed by atoms with Crippen molar-refractivity contribution in [2.24, 2.45) is 17.8 Å². The summed E-state index contributed by atoms with van der Waals surface area (Å²) in [5.74, 6) is -2.37. The lowest BCUT2D eigenvalue weighted by Gasteiger charge is -2.37. The number of hydrogen-bond acceptors (Lipinski definition) is 6. The summed E-state index contributed by atoms with van der Waals surface area (Å²) >= 11 is 0. The van der Waals surface area contributed by atoms with Gasteiger partial charge in [0.05, 0.1) is 18.1 Å². The number of esters is 1. The molecule has 3 saturated heterocycles. The molecule has 6 atom stereocenters. The van der Waals surface area contributed by atoms with Gasteiger partial charge in [-0.05, 0) is 56.9 Å². The van der Waals surface area contributed by atoms with Crippen LogP contribution in [0.25, 0.3) is 0 Å². The Morgan fingerprint density at radius 1 is 1.12 bits per heavy atom. The Kier molecular flexibility index (Phi) is 10.7. The van der Waals surface area contributed by atoms with E-state index in [9.17, 15) is 19.5 Å². The van der Waals surface area contributed by atoms with Crippen molar-refractivity contribution in [3.05, 3.63) is 61.2 Å². The third-order valence-corrected chi connectivity index (χ3v) is 9.53. The van der Waals surface area contributed by atoms with Gasteiger partial charge in [0.25, 0.3) is 0 Å². The summed E-state index contributed by atoms with van der Waals surface area (Å²) in [5, 5.41) is 9.19. The van der Waals surface area contributed by atoms with E-state index in [1.165, 1.54) is 0 Å². The second-order valence-electron chi connectivity index (χ2n) is 12.3. The molecule has 2 amide bonds. The predicted octanol–water partition coefficient (Wildman–Crippen LogP) is 4.66. The first-order valence-electron chi connectivity index (χ1n) is 15.6. The van der Waals surface area contributed by atoms with Crippen LogP contribution in [0.15, 0.2) is 55.6 Å². The van der Waals surface area contributed by atoms with Gasteiger partial charge in [0.1, 0.15) is 17.6 Å². The van der Waals surface area contributed by atoms with Crippen molar-refractivity contribution in [2.45, 2.75) is 89.0 Å². The Morgan fingerprint density at radius 2 is 1.86 bits per heavy atom. The van der Waals surface area contributed by atoms with E-state index < -0.39 is 35.0 Å². The summed E-state index contributed by atoms with van der Waals surface area (Å²) in [7, 11) is 0. The maximum atomic E-state index is 14.6. The van der Waals surface area contributed by atoms with Gasteiger partial charge in [-0.3, -0.25) is 14.4 Å². The second-order valence-corrected chi connectivity index (χ2v) is 12.3. The number of nitrogens with zero attached hydrogens (tertiary/aromatic N) is 2. The van der Waals surface area contributed by atoms with E-state index in [4.69, 9.17) is 9.47 Å². The van der Waals surface area contributed by atoms with Crippen LogP contribution in [-0.2, 0) is 30.4 Å². The number of fused-ring (bicyclic) bond motifs is 1. The van der Waals surface area contributed by atoms with Crippen molar-refractivity contribution in [3.8, 4) is 0 Å². The molecule has 0 radical (unpaired) electrons. The standard InChI is InChI=1S/C34H48N2O6/c1-5-7-8-16-22-41-32(40)28-27-30(38)36(20-14-9-10-15-21-37)29(34(27)23-25(3)33(28,4)42-34)31(39)35(19-6-2)24-26-17-12-11-13-18-26/h5-6,11-13,17-18,25,27-29,37H,1-2,7-10,14-16,19-24H2,3-4H3/t25?,27-,28+,29?,33-,34?/m0/s1. The molecule has 3 aliphatic rings. The zero-order valence-corrected chi connectivity index (χ0v) is 25.3. The van der Waals surface area contributed by atoms with Gasteiger partial charge in [-0.25, -0.2) is 0 Å². The van der Waals surface area contributed by atoms with Crippen molar-refractivity contribution in [3.63, 3.8) is 0 Å². The summed E-state index contributed by atoms with van der Waals surface area (Å²) in [4.78, 5) is 46.0. The fraction of sp³-hybridized carbons (Fsp3) is 0.618. The van der Waals surface area contributed by atoms with Gasteiger partial charge in [-0.1, -0.05) is 62.2 Å². The van der Waals surface area contributed by atoms with E-state index in [0.29, 0.717) is 38.9 Å². The number of aliphatic hydroxyl groups is 1. The molecule has 3 unspecified atom stereocenters. The van der Waals surface area contributed by atoms with Gasteiger partial charge in [-0.2, -0.15) is 0 Å². The molecule has 2 bridgehead atoms. The smallest absolute Gasteiger partial charge is 0.312 e. The highest BCUT2D eigenvalue weighted by atomic mass is 16.6. The zero-order chi connectivity index (χ0) is 30.3. The molecule has 1 aromatic rings. The number of unbranched alkanes of at least 4 members (excludes halogenated alkanes) is 5. The lowest BCUT2D eigenvalue weighted by molar-refractivity contribution is -0.162. The van der Waals surface area contributed by atoms with Gasteiger partial charge >= 0.3 is 5.97 Å². The van der Waals surface area contributed by atoms with Crippen LogP contribution >= 0.6 is 0 Å². The molecular weight excluding hydrogens is 532 g/mol. The van der Waals surface area contributed by atoms with Crippen LogP contribution in [0, 0.1) is 17.8 Å². The SMILES string of the molecule is C=CCCCCOC(=O)[C@H]1[C@H]2C(=O)N(CCCCCCO)C(C(=O)N(CC=C)Cc3ccccc3)C23CC(C)[C@]1(C)O3. The number of allylic oxidation sites excluding steroid dienone is 1. The summed E-state index contributed by atoms with van der Waals surface area (Å²) in [6.07, 6.45) is 9.59. The van der Waals surface area contributed by atoms with Crippen molar-refractivity contribution in [1.29, 1.82) is 0 Å². The summed E-state index contributed by atoms with van der Waals surface area (Å²) in [6.45, 7) is 13.1. The van der Waals surface area contributed by atoms with Gasteiger partial charge in [-0.15, -0.1) is 13.2 Å². The van der Waals surface area contributed by atoms with E-state index in [1.54, 1.807) is 15.9 Å². The maximum absolute atomic E-state index is 14.6. The number of ether oxygens (including phenoxy) is 2. The van der Waals surface area contributed by atoms with E-state index in [0.717, 1.165) is 37.7 Å². The van der Waals surface area contributed by atoms with Gasteiger partial charge < -0.3 is 24.4 Å². The number of aliphatic hydroxyl groups excluding tert-OH is 1. The molecule has 4 rings (SSSR count). The minimum atomic E-state index is -1.10. The second kappa shape index (κ2) is 14.0. The minimum Gasteiger partial charge on any atom is -0.465 e. The molecule has 3 fully saturated rings. The Labute approximate surface area is 250 Å². The highest BCUT2D eigenvalue weighted by Crippen LogP contribution is 2.65. The summed E-state index contributed by atoms with van der Waals surface area (Å²) < 4.78 is 12.6. The van der Waals surface area contributed by atoms with Crippen LogP contribution in [-0.4, -0.2) is 76.2 Å². The van der Waals surface area contributed by atoms with Crippen molar-refractivity contribution in [2.75, 3.05) is 26.3 Å². The summed E-state index contributed by atoms with van der Waals surface area (Å²) in [5.41, 5.74) is -1.01. The third kappa shape index (κ3) is 6.06. The van der Waals surface area contributed by atoms with Crippen LogP contribution in [0.1, 0.15) is 70.8 Å². The van der Waals surface area contributed by atoms with Crippen LogP contribution in [0.2, 0.25) is 0 Å². The molecule has 3 aliphatic heterocycles. The first-order chi connectivity index (χ1) is 20.2. The quantitative estimate of drug-likeness (QED) is 0.164. The lowest BCUT2D eigenvalue weighted by atomic mass is 9.62. The van der Waals surface area contributed by atoms with Gasteiger partial charge in [0.2, 0.25) is 11.8 Å². The minimum absolute atomic E-state index is 0.0401. The monoisotopic (exact) mass is 580 g/mol. The average Bonchev–Trinajstić information content (AvgIpc) is 3.49. The van der Waals surface area contributed by atoms with E-state index in [2.05, 4.69) is 13.2 Å². The van der Waals surface area contributed by atoms with Crippen LogP contribution in [0.4, 0.5) is 0 Å². The predicted molar refractivity (Wildman–Crippen MR) is 161 cm³/mol. The molecule has 3 heterocycles. The molecule has 8 nitrogen and oxygen atoms in total. The van der Waals surface area contributed by atoms with Crippen LogP contribution in [0.3, 0.4) is 0 Å². The number of carbonyl (C=O) groups excluding carboxylic acids is 3. The number of benzene rings is 1. The molecule has 8 heteroatoms. The number of rotatable bonds is 17. The molecule has 230 valence electrons. The molecule has 0 saturated carbocycles. The van der Waals surface area contributed by atoms with E-state index >= 15 is 0 Å². The zero-order valence-electron chi connectivity index (χ0n) is 25.3. The average molecular weight is 581 g/mol. The normalized spacial score (nSPS) is 29.4. The Balaban J connectivity index is 1.66. The highest BCUT2D eigenvalue weighted by molar-refractivity contribution is 5.98. The molecule has 42 heavy (non-hydrogen) atoms. The van der Waals surface area contributed by atoms with Crippen LogP contribution < -0.4 is 0 Å². The first kappa shape index (κ1) is 32.0. The Hall–Kier alpha value is -2.97. The number of likely N-dealkylation sites (tertiary alicyclic amines) is 1. The maximum Gasteiger partial charge on any atom is 0.312 e. The van der Waals surface area contributed by atoms with Crippen molar-refractivity contribution >= 4 is 17.8 Å². The molecule has 0 aliphatic carbocycles. The number of carbonyl (C=O) groups is 3. The third-order valence-electron chi connectivity index (χ3n) is 9.53. The fourth-order valence-corrected chi connectivity index (χ4v) is 7.38. The summed E-state index contributed by atoms with van der Waals surface area (Å²) in [6, 6.07) is 8.93. The van der Waals surface area contributed by atoms with Crippen molar-refractivity contribution in [1.82, 2.24) is 9.80 Å². The topological polar surface area (TPSA) is 96.4 Å². The number of hydrogen-bond donors (Lipinski definition) is 1. The number of amides is 2. The largest absolute Gasteiger partial charge is 0.465 e. The van der Waals surface area contributed by atoms with Gasteiger partial charge in [0.15, 0.2) is 0 Å². The lowest BCUT2D eigenvalue weighted by Crippen LogP contribution is -2.56. The molecule has 1 spiro atoms. The Morgan fingerprint density at radius 3 is 2.55 bits per heavy atom. The van der Waals surface area contributed by atoms with E-state index in [-0.39, 0.29) is 30.9 Å².